The van der Waals surface area contributed by atoms with Crippen molar-refractivity contribution in [3.05, 3.63) is 39.9 Å². The molecular formula is C27H40N4O4S. The lowest BCUT2D eigenvalue weighted by molar-refractivity contribution is -0.144. The standard InChI is InChI=1S/C27H40N4O4S/c1-7-8-22(33)30-24(27(4,5)6)26(35)31-14-20(32)13-21(31)25(34)29-16(2)18-9-11-19(12-10-18)23-17(3)28-15-36-23/h9-11,15-16,19-21,24,32H,7-8,12-14H2,1-6H3,(H,29,34)(H,30,33)/t16-,19?,20+,21-,24+/m0/s1. The van der Waals surface area contributed by atoms with E-state index in [2.05, 4.69) is 27.8 Å². The highest BCUT2D eigenvalue weighted by molar-refractivity contribution is 7.09. The molecule has 1 saturated heterocycles. The lowest BCUT2D eigenvalue weighted by atomic mass is 9.85. The van der Waals surface area contributed by atoms with Gasteiger partial charge in [-0.05, 0) is 37.7 Å². The van der Waals surface area contributed by atoms with E-state index in [0.717, 1.165) is 17.7 Å². The van der Waals surface area contributed by atoms with Crippen LogP contribution < -0.4 is 10.6 Å². The molecule has 0 aromatic carbocycles. The molecule has 8 nitrogen and oxygen atoms in total. The number of aliphatic hydroxyl groups excluding tert-OH is 1. The van der Waals surface area contributed by atoms with E-state index in [4.69, 9.17) is 0 Å². The van der Waals surface area contributed by atoms with Crippen LogP contribution in [0.25, 0.3) is 0 Å². The number of carbonyl (C=O) groups excluding carboxylic acids is 3. The van der Waals surface area contributed by atoms with Crippen LogP contribution in [0.4, 0.5) is 0 Å². The summed E-state index contributed by atoms with van der Waals surface area (Å²) in [6.07, 6.45) is 7.57. The van der Waals surface area contributed by atoms with E-state index in [0.29, 0.717) is 18.8 Å². The van der Waals surface area contributed by atoms with Crippen molar-refractivity contribution in [1.82, 2.24) is 20.5 Å². The molecule has 9 heteroatoms. The maximum Gasteiger partial charge on any atom is 0.246 e. The Hall–Kier alpha value is -2.52. The minimum Gasteiger partial charge on any atom is -0.391 e. The predicted octanol–water partition coefficient (Wildman–Crippen LogP) is 3.22. The number of allylic oxidation sites excluding steroid dienone is 2. The minimum absolute atomic E-state index is 0.0695. The van der Waals surface area contributed by atoms with Gasteiger partial charge in [0.2, 0.25) is 17.7 Å². The number of nitrogens with one attached hydrogen (secondary N) is 2. The monoisotopic (exact) mass is 516 g/mol. The molecule has 0 saturated carbocycles. The van der Waals surface area contributed by atoms with E-state index < -0.39 is 23.6 Å². The van der Waals surface area contributed by atoms with Gasteiger partial charge in [0, 0.05) is 30.2 Å². The molecule has 3 rings (SSSR count). The Labute approximate surface area is 218 Å². The van der Waals surface area contributed by atoms with E-state index in [1.165, 1.54) is 9.78 Å². The molecule has 198 valence electrons. The summed E-state index contributed by atoms with van der Waals surface area (Å²) >= 11 is 1.66. The average molecular weight is 517 g/mol. The zero-order valence-electron chi connectivity index (χ0n) is 22.2. The van der Waals surface area contributed by atoms with Gasteiger partial charge < -0.3 is 20.6 Å². The smallest absolute Gasteiger partial charge is 0.246 e. The largest absolute Gasteiger partial charge is 0.391 e. The van der Waals surface area contributed by atoms with Gasteiger partial charge in [-0.2, -0.15) is 0 Å². The normalized spacial score (nSPS) is 23.7. The number of aryl methyl sites for hydroxylation is 1. The van der Waals surface area contributed by atoms with Gasteiger partial charge in [0.1, 0.15) is 12.1 Å². The number of thiazole rings is 1. The first-order chi connectivity index (χ1) is 16.9. The molecule has 2 aliphatic rings. The van der Waals surface area contributed by atoms with Gasteiger partial charge in [0.15, 0.2) is 0 Å². The van der Waals surface area contributed by atoms with Crippen molar-refractivity contribution >= 4 is 29.1 Å². The molecule has 1 aliphatic carbocycles. The van der Waals surface area contributed by atoms with Gasteiger partial charge in [-0.15, -0.1) is 11.3 Å². The topological polar surface area (TPSA) is 112 Å². The Morgan fingerprint density at radius 3 is 2.56 bits per heavy atom. The number of hydrogen-bond donors (Lipinski definition) is 3. The van der Waals surface area contributed by atoms with Crippen LogP contribution in [0.2, 0.25) is 0 Å². The second kappa shape index (κ2) is 11.7. The van der Waals surface area contributed by atoms with Gasteiger partial charge in [-0.3, -0.25) is 14.4 Å². The highest BCUT2D eigenvalue weighted by atomic mass is 32.1. The SMILES string of the molecule is CCCC(=O)N[C@H](C(=O)N1C[C@H](O)C[C@H]1C(=O)N[C@@H](C)C1=CCC(c2scnc2C)C=C1)C(C)(C)C. The van der Waals surface area contributed by atoms with E-state index in [1.807, 2.05) is 53.1 Å². The Kier molecular flexibility index (Phi) is 9.11. The molecule has 1 aliphatic heterocycles. The molecule has 0 spiro atoms. The minimum atomic E-state index is -0.788. The zero-order chi connectivity index (χ0) is 26.6. The first kappa shape index (κ1) is 28.1. The van der Waals surface area contributed by atoms with Crippen molar-refractivity contribution in [1.29, 1.82) is 0 Å². The second-order valence-electron chi connectivity index (χ2n) is 11.0. The molecule has 36 heavy (non-hydrogen) atoms. The quantitative estimate of drug-likeness (QED) is 0.491. The fraction of sp³-hybridized carbons (Fsp3) is 0.630. The third-order valence-corrected chi connectivity index (χ3v) is 7.93. The van der Waals surface area contributed by atoms with Crippen LogP contribution in [-0.4, -0.2) is 63.5 Å². The highest BCUT2D eigenvalue weighted by Crippen LogP contribution is 2.32. The van der Waals surface area contributed by atoms with Crippen molar-refractivity contribution in [2.24, 2.45) is 5.41 Å². The third-order valence-electron chi connectivity index (χ3n) is 6.87. The lowest BCUT2D eigenvalue weighted by Gasteiger charge is -2.35. The summed E-state index contributed by atoms with van der Waals surface area (Å²) in [7, 11) is 0. The summed E-state index contributed by atoms with van der Waals surface area (Å²) in [5, 5.41) is 16.2. The number of amides is 3. The average Bonchev–Trinajstić information content (AvgIpc) is 3.42. The Balaban J connectivity index is 1.67. The number of hydrogen-bond acceptors (Lipinski definition) is 6. The van der Waals surface area contributed by atoms with Gasteiger partial charge in [0.05, 0.1) is 23.4 Å². The van der Waals surface area contributed by atoms with E-state index in [-0.39, 0.29) is 36.7 Å². The summed E-state index contributed by atoms with van der Waals surface area (Å²) < 4.78 is 0. The summed E-state index contributed by atoms with van der Waals surface area (Å²) in [6, 6.07) is -1.82. The first-order valence-electron chi connectivity index (χ1n) is 12.8. The molecule has 1 fully saturated rings. The third kappa shape index (κ3) is 6.62. The number of aromatic nitrogens is 1. The molecule has 1 aromatic rings. The fourth-order valence-corrected chi connectivity index (χ4v) is 5.69. The van der Waals surface area contributed by atoms with Crippen molar-refractivity contribution in [2.45, 2.75) is 97.4 Å². The van der Waals surface area contributed by atoms with Gasteiger partial charge in [-0.25, -0.2) is 4.98 Å². The summed E-state index contributed by atoms with van der Waals surface area (Å²) in [6.45, 7) is 11.6. The maximum atomic E-state index is 13.5. The molecule has 1 aromatic heterocycles. The lowest BCUT2D eigenvalue weighted by Crippen LogP contribution is -2.58. The number of carbonyl (C=O) groups is 3. The summed E-state index contributed by atoms with van der Waals surface area (Å²) in [4.78, 5) is 46.2. The molecule has 2 heterocycles. The number of likely N-dealkylation sites (tertiary alicyclic amines) is 1. The van der Waals surface area contributed by atoms with Crippen molar-refractivity contribution < 1.29 is 19.5 Å². The number of nitrogens with zero attached hydrogens (tertiary/aromatic N) is 2. The van der Waals surface area contributed by atoms with Gasteiger partial charge in [-0.1, -0.05) is 45.9 Å². The second-order valence-corrected chi connectivity index (χ2v) is 11.8. The van der Waals surface area contributed by atoms with Crippen LogP contribution in [0.3, 0.4) is 0 Å². The number of rotatable bonds is 8. The Bertz CT molecular complexity index is 1030. The first-order valence-corrected chi connectivity index (χ1v) is 13.7. The van der Waals surface area contributed by atoms with Crippen molar-refractivity contribution in [2.75, 3.05) is 6.54 Å². The molecule has 1 unspecified atom stereocenters. The van der Waals surface area contributed by atoms with Crippen LogP contribution in [-0.2, 0) is 14.4 Å². The summed E-state index contributed by atoms with van der Waals surface area (Å²) in [5.41, 5.74) is 3.38. The van der Waals surface area contributed by atoms with Crippen LogP contribution in [0.5, 0.6) is 0 Å². The molecular weight excluding hydrogens is 476 g/mol. The molecule has 5 atom stereocenters. The number of β-amino-alcohol motifs (C(OH)–C–C–N with tert-alkyl or cyclic N) is 1. The van der Waals surface area contributed by atoms with Crippen LogP contribution in [0.1, 0.15) is 76.8 Å². The van der Waals surface area contributed by atoms with E-state index >= 15 is 0 Å². The van der Waals surface area contributed by atoms with E-state index in [1.54, 1.807) is 11.3 Å². The number of aliphatic hydroxyl groups is 1. The van der Waals surface area contributed by atoms with Crippen LogP contribution in [0.15, 0.2) is 29.3 Å². The van der Waals surface area contributed by atoms with Crippen LogP contribution >= 0.6 is 11.3 Å². The highest BCUT2D eigenvalue weighted by Gasteiger charge is 2.44. The molecule has 3 amide bonds. The van der Waals surface area contributed by atoms with Crippen molar-refractivity contribution in [3.63, 3.8) is 0 Å². The molecule has 0 radical (unpaired) electrons. The molecule has 0 bridgehead atoms. The van der Waals surface area contributed by atoms with Crippen LogP contribution in [0, 0.1) is 12.3 Å². The Morgan fingerprint density at radius 1 is 1.28 bits per heavy atom. The zero-order valence-corrected chi connectivity index (χ0v) is 23.0. The molecule has 3 N–H and O–H groups in total. The van der Waals surface area contributed by atoms with Gasteiger partial charge in [0.25, 0.3) is 0 Å². The maximum absolute atomic E-state index is 13.5. The van der Waals surface area contributed by atoms with Gasteiger partial charge >= 0.3 is 0 Å². The summed E-state index contributed by atoms with van der Waals surface area (Å²) in [5.74, 6) is -0.534. The van der Waals surface area contributed by atoms with Crippen molar-refractivity contribution in [3.8, 4) is 0 Å². The predicted molar refractivity (Wildman–Crippen MR) is 141 cm³/mol. The fourth-order valence-electron chi connectivity index (χ4n) is 4.79. The Morgan fingerprint density at radius 2 is 2.00 bits per heavy atom. The van der Waals surface area contributed by atoms with E-state index in [9.17, 15) is 19.5 Å².